The molecule has 0 bridgehead atoms. The van der Waals surface area contributed by atoms with Gasteiger partial charge in [0.25, 0.3) is 0 Å². The van der Waals surface area contributed by atoms with Crippen molar-refractivity contribution in [2.24, 2.45) is 0 Å². The normalized spacial score (nSPS) is 15.5. The minimum absolute atomic E-state index is 0.0921. The molecule has 6 heteroatoms. The van der Waals surface area contributed by atoms with Crippen LogP contribution in [0.25, 0.3) is 0 Å². The van der Waals surface area contributed by atoms with E-state index in [1.54, 1.807) is 7.11 Å². The zero-order valence-electron chi connectivity index (χ0n) is 15.6. The van der Waals surface area contributed by atoms with E-state index in [1.165, 1.54) is 0 Å². The number of halogens is 1. The van der Waals surface area contributed by atoms with Crippen molar-refractivity contribution in [3.05, 3.63) is 51.8 Å². The first-order valence-electron chi connectivity index (χ1n) is 9.04. The van der Waals surface area contributed by atoms with Crippen molar-refractivity contribution in [3.8, 4) is 0 Å². The number of ether oxygens (including phenoxy) is 1. The van der Waals surface area contributed by atoms with Gasteiger partial charge in [-0.1, -0.05) is 30.2 Å². The number of methoxy groups -OCH3 is 1. The van der Waals surface area contributed by atoms with Gasteiger partial charge in [0.15, 0.2) is 0 Å². The van der Waals surface area contributed by atoms with Crippen LogP contribution in [0.15, 0.2) is 24.3 Å². The number of nitrogens with one attached hydrogen (secondary N) is 1. The lowest BCUT2D eigenvalue weighted by Crippen LogP contribution is -2.49. The monoisotopic (exact) mass is 375 g/mol. The largest absolute Gasteiger partial charge is 0.383 e. The molecular formula is C20H26ClN3O2. The van der Waals surface area contributed by atoms with Crippen LogP contribution in [0.1, 0.15) is 41.8 Å². The predicted molar refractivity (Wildman–Crippen MR) is 102 cm³/mol. The molecule has 140 valence electrons. The molecule has 1 aliphatic carbocycles. The fraction of sp³-hybridized carbons (Fsp3) is 0.500. The molecule has 1 amide bonds. The second-order valence-corrected chi connectivity index (χ2v) is 7.43. The third-order valence-corrected chi connectivity index (χ3v) is 5.75. The van der Waals surface area contributed by atoms with Gasteiger partial charge in [0.1, 0.15) is 0 Å². The van der Waals surface area contributed by atoms with Crippen molar-refractivity contribution >= 4 is 17.5 Å². The molecule has 1 aromatic heterocycles. The van der Waals surface area contributed by atoms with Gasteiger partial charge in [0.05, 0.1) is 24.3 Å². The van der Waals surface area contributed by atoms with E-state index in [9.17, 15) is 4.79 Å². The molecule has 1 aliphatic rings. The van der Waals surface area contributed by atoms with Crippen molar-refractivity contribution in [1.29, 1.82) is 0 Å². The third kappa shape index (κ3) is 3.51. The van der Waals surface area contributed by atoms with E-state index >= 15 is 0 Å². The second-order valence-electron chi connectivity index (χ2n) is 6.99. The summed E-state index contributed by atoms with van der Waals surface area (Å²) in [6.07, 6.45) is 2.83. The van der Waals surface area contributed by atoms with Crippen LogP contribution in [0, 0.1) is 13.8 Å². The maximum absolute atomic E-state index is 13.0. The van der Waals surface area contributed by atoms with E-state index < -0.39 is 5.41 Å². The minimum Gasteiger partial charge on any atom is -0.383 e. The molecule has 0 unspecified atom stereocenters. The van der Waals surface area contributed by atoms with Gasteiger partial charge in [-0.05, 0) is 44.4 Å². The standard InChI is InChI=1S/C20H26ClN3O2/c1-14-18(15(2)24(23-14)11-12-26-3)13-22-19(25)20(9-4-10-20)16-5-7-17(21)8-6-16/h5-8H,4,9-13H2,1-3H3,(H,22,25). The van der Waals surface area contributed by atoms with Gasteiger partial charge in [-0.25, -0.2) is 0 Å². The van der Waals surface area contributed by atoms with Gasteiger partial charge < -0.3 is 10.1 Å². The van der Waals surface area contributed by atoms with Crippen molar-refractivity contribution in [2.75, 3.05) is 13.7 Å². The summed E-state index contributed by atoms with van der Waals surface area (Å²) in [5, 5.41) is 8.40. The molecule has 1 saturated carbocycles. The van der Waals surface area contributed by atoms with Crippen molar-refractivity contribution < 1.29 is 9.53 Å². The van der Waals surface area contributed by atoms with Gasteiger partial charge >= 0.3 is 0 Å². The number of aryl methyl sites for hydroxylation is 1. The minimum atomic E-state index is -0.418. The van der Waals surface area contributed by atoms with Crippen LogP contribution in [0.4, 0.5) is 0 Å². The maximum atomic E-state index is 13.0. The Hall–Kier alpha value is -1.85. The summed E-state index contributed by atoms with van der Waals surface area (Å²) >= 11 is 6.00. The number of amides is 1. The SMILES string of the molecule is COCCn1nc(C)c(CNC(=O)C2(c3ccc(Cl)cc3)CCC2)c1C. The molecule has 3 rings (SSSR count). The first-order chi connectivity index (χ1) is 12.5. The molecule has 0 spiro atoms. The molecule has 0 saturated heterocycles. The highest BCUT2D eigenvalue weighted by molar-refractivity contribution is 6.30. The number of hydrogen-bond donors (Lipinski definition) is 1. The Kier molecular flexibility index (Phi) is 5.68. The van der Waals surface area contributed by atoms with E-state index in [-0.39, 0.29) is 5.91 Å². The molecule has 1 aromatic carbocycles. The first kappa shape index (κ1) is 18.9. The van der Waals surface area contributed by atoms with Crippen LogP contribution in [0.5, 0.6) is 0 Å². The quantitative estimate of drug-likeness (QED) is 0.805. The highest BCUT2D eigenvalue weighted by Gasteiger charge is 2.45. The van der Waals surface area contributed by atoms with Crippen LogP contribution >= 0.6 is 11.6 Å². The van der Waals surface area contributed by atoms with E-state index in [0.717, 1.165) is 41.8 Å². The molecule has 0 aliphatic heterocycles. The first-order valence-corrected chi connectivity index (χ1v) is 9.42. The summed E-state index contributed by atoms with van der Waals surface area (Å²) in [5.74, 6) is 0.0921. The summed E-state index contributed by atoms with van der Waals surface area (Å²) in [6, 6.07) is 7.66. The van der Waals surface area contributed by atoms with Gasteiger partial charge in [-0.2, -0.15) is 5.10 Å². The van der Waals surface area contributed by atoms with Crippen molar-refractivity contribution in [3.63, 3.8) is 0 Å². The summed E-state index contributed by atoms with van der Waals surface area (Å²) in [5.41, 5.74) is 3.75. The molecule has 1 heterocycles. The fourth-order valence-corrected chi connectivity index (χ4v) is 3.80. The molecule has 26 heavy (non-hydrogen) atoms. The lowest BCUT2D eigenvalue weighted by atomic mass is 9.64. The molecule has 5 nitrogen and oxygen atoms in total. The maximum Gasteiger partial charge on any atom is 0.230 e. The molecule has 0 radical (unpaired) electrons. The Labute approximate surface area is 159 Å². The number of carbonyl (C=O) groups is 1. The van der Waals surface area contributed by atoms with Gasteiger partial charge in [0.2, 0.25) is 5.91 Å². The third-order valence-electron chi connectivity index (χ3n) is 5.50. The smallest absolute Gasteiger partial charge is 0.230 e. The molecule has 1 N–H and O–H groups in total. The van der Waals surface area contributed by atoms with Gasteiger partial charge in [-0.15, -0.1) is 0 Å². The Morgan fingerprint density at radius 2 is 2.00 bits per heavy atom. The summed E-state index contributed by atoms with van der Waals surface area (Å²) in [7, 11) is 1.68. The summed E-state index contributed by atoms with van der Waals surface area (Å²) < 4.78 is 7.08. The molecule has 0 atom stereocenters. The Morgan fingerprint density at radius 3 is 2.58 bits per heavy atom. The Balaban J connectivity index is 1.72. The molecule has 2 aromatic rings. The van der Waals surface area contributed by atoms with Crippen LogP contribution in [0.2, 0.25) is 5.02 Å². The lowest BCUT2D eigenvalue weighted by Gasteiger charge is -2.40. The van der Waals surface area contributed by atoms with E-state index in [1.807, 2.05) is 42.8 Å². The van der Waals surface area contributed by atoms with E-state index in [4.69, 9.17) is 16.3 Å². The fourth-order valence-electron chi connectivity index (χ4n) is 3.67. The lowest BCUT2D eigenvalue weighted by molar-refractivity contribution is -0.130. The number of carbonyl (C=O) groups excluding carboxylic acids is 1. The molecular weight excluding hydrogens is 350 g/mol. The Morgan fingerprint density at radius 1 is 1.31 bits per heavy atom. The van der Waals surface area contributed by atoms with Crippen molar-refractivity contribution in [1.82, 2.24) is 15.1 Å². The highest BCUT2D eigenvalue weighted by atomic mass is 35.5. The van der Waals surface area contributed by atoms with Crippen molar-refractivity contribution in [2.45, 2.75) is 51.6 Å². The zero-order valence-corrected chi connectivity index (χ0v) is 16.4. The number of hydrogen-bond acceptors (Lipinski definition) is 3. The topological polar surface area (TPSA) is 56.1 Å². The number of nitrogens with zero attached hydrogens (tertiary/aromatic N) is 2. The average molecular weight is 376 g/mol. The number of rotatable bonds is 7. The van der Waals surface area contributed by atoms with Gasteiger partial charge in [-0.3, -0.25) is 9.48 Å². The molecule has 1 fully saturated rings. The van der Waals surface area contributed by atoms with Gasteiger partial charge in [0, 0.05) is 29.9 Å². The van der Waals surface area contributed by atoms with Crippen LogP contribution in [0.3, 0.4) is 0 Å². The van der Waals surface area contributed by atoms with E-state index in [2.05, 4.69) is 10.4 Å². The van der Waals surface area contributed by atoms with Crippen LogP contribution in [-0.2, 0) is 28.0 Å². The summed E-state index contributed by atoms with van der Waals surface area (Å²) in [6.45, 7) is 5.85. The summed E-state index contributed by atoms with van der Waals surface area (Å²) in [4.78, 5) is 13.0. The second kappa shape index (κ2) is 7.80. The zero-order chi connectivity index (χ0) is 18.7. The number of benzene rings is 1. The van der Waals surface area contributed by atoms with Crippen LogP contribution in [-0.4, -0.2) is 29.4 Å². The number of aromatic nitrogens is 2. The highest BCUT2D eigenvalue weighted by Crippen LogP contribution is 2.44. The predicted octanol–water partition coefficient (Wildman–Crippen LogP) is 3.54. The van der Waals surface area contributed by atoms with E-state index in [0.29, 0.717) is 24.7 Å². The van der Waals surface area contributed by atoms with Crippen LogP contribution < -0.4 is 5.32 Å². The Bertz CT molecular complexity index is 779. The average Bonchev–Trinajstić information content (AvgIpc) is 2.85.